The zero-order valence-electron chi connectivity index (χ0n) is 15.1. The van der Waals surface area contributed by atoms with Crippen LogP contribution in [0.25, 0.3) is 21.0 Å². The third kappa shape index (κ3) is 4.45. The summed E-state index contributed by atoms with van der Waals surface area (Å²) in [6.45, 7) is -0.0928. The second kappa shape index (κ2) is 8.52. The van der Waals surface area contributed by atoms with Crippen molar-refractivity contribution in [2.75, 3.05) is 0 Å². The molecule has 0 aliphatic rings. The first-order valence-electron chi connectivity index (χ1n) is 8.37. The van der Waals surface area contributed by atoms with Crippen LogP contribution in [0.3, 0.4) is 0 Å². The van der Waals surface area contributed by atoms with Gasteiger partial charge in [0.05, 0.1) is 33.4 Å². The van der Waals surface area contributed by atoms with E-state index in [1.165, 1.54) is 6.07 Å². The van der Waals surface area contributed by atoms with Crippen LogP contribution in [-0.4, -0.2) is 20.7 Å². The maximum Gasteiger partial charge on any atom is 0.416 e. The molecule has 1 radical (unpaired) electrons. The molecule has 0 amide bonds. The Bertz CT molecular complexity index is 1320. The molecular formula is C19H11F3N3O3SY-. The molecule has 0 atom stereocenters. The summed E-state index contributed by atoms with van der Waals surface area (Å²) in [6, 6.07) is 9.73. The molecule has 4 aromatic rings. The van der Waals surface area contributed by atoms with E-state index in [-0.39, 0.29) is 50.5 Å². The molecule has 11 heteroatoms. The van der Waals surface area contributed by atoms with Crippen LogP contribution in [0.2, 0.25) is 0 Å². The number of carbonyl (C=O) groups is 1. The first-order chi connectivity index (χ1) is 13.7. The number of rotatable bonds is 4. The van der Waals surface area contributed by atoms with Crippen LogP contribution in [0, 0.1) is 0 Å². The molecule has 0 bridgehead atoms. The van der Waals surface area contributed by atoms with Crippen LogP contribution < -0.4 is 10.7 Å². The van der Waals surface area contributed by atoms with E-state index >= 15 is 0 Å². The number of carboxylic acids is 1. The average molecular weight is 507 g/mol. The summed E-state index contributed by atoms with van der Waals surface area (Å²) in [7, 11) is 0. The molecule has 6 nitrogen and oxygen atoms in total. The average Bonchev–Trinajstić information content (AvgIpc) is 3.06. The molecule has 2 heterocycles. The van der Waals surface area contributed by atoms with E-state index in [1.807, 2.05) is 0 Å². The molecule has 4 rings (SSSR count). The van der Waals surface area contributed by atoms with Crippen molar-refractivity contribution in [1.82, 2.24) is 14.8 Å². The van der Waals surface area contributed by atoms with Gasteiger partial charge in [-0.25, -0.2) is 9.67 Å². The predicted molar refractivity (Wildman–Crippen MR) is 98.4 cm³/mol. The summed E-state index contributed by atoms with van der Waals surface area (Å²) < 4.78 is 40.3. The number of hydrogen-bond acceptors (Lipinski definition) is 6. The zero-order valence-corrected chi connectivity index (χ0v) is 18.8. The summed E-state index contributed by atoms with van der Waals surface area (Å²) in [5.74, 6) is -1.34. The fourth-order valence-corrected chi connectivity index (χ4v) is 3.96. The Morgan fingerprint density at radius 1 is 1.13 bits per heavy atom. The molecule has 2 aromatic heterocycles. The van der Waals surface area contributed by atoms with Crippen molar-refractivity contribution in [2.45, 2.75) is 19.1 Å². The Labute approximate surface area is 196 Å². The molecule has 0 unspecified atom stereocenters. The number of hydrogen-bond donors (Lipinski definition) is 0. The molecule has 0 fully saturated rings. The quantitative estimate of drug-likeness (QED) is 0.424. The van der Waals surface area contributed by atoms with Crippen LogP contribution in [0.5, 0.6) is 0 Å². The van der Waals surface area contributed by atoms with Crippen LogP contribution >= 0.6 is 11.3 Å². The maximum absolute atomic E-state index is 12.9. The van der Waals surface area contributed by atoms with E-state index in [0.29, 0.717) is 20.5 Å². The second-order valence-corrected chi connectivity index (χ2v) is 7.41. The summed E-state index contributed by atoms with van der Waals surface area (Å²) in [4.78, 5) is 28.0. The number of halogens is 3. The fraction of sp³-hybridized carbons (Fsp3) is 0.158. The van der Waals surface area contributed by atoms with Gasteiger partial charge in [-0.2, -0.15) is 18.3 Å². The normalized spacial score (nSPS) is 11.6. The van der Waals surface area contributed by atoms with Crippen molar-refractivity contribution in [1.29, 1.82) is 0 Å². The zero-order chi connectivity index (χ0) is 20.8. The number of alkyl halides is 3. The SMILES string of the molecule is O=C([O-])Cc1nn(Cc2nc3cc(C(F)(F)F)ccc3s2)c(=O)c2ccccc12.[Y]. The van der Waals surface area contributed by atoms with Gasteiger partial charge in [-0.15, -0.1) is 11.3 Å². The van der Waals surface area contributed by atoms with Crippen LogP contribution in [0.1, 0.15) is 16.3 Å². The third-order valence-corrected chi connectivity index (χ3v) is 5.32. The first-order valence-corrected chi connectivity index (χ1v) is 9.19. The van der Waals surface area contributed by atoms with Gasteiger partial charge in [-0.05, 0) is 24.3 Å². The topological polar surface area (TPSA) is 87.9 Å². The van der Waals surface area contributed by atoms with E-state index in [9.17, 15) is 27.9 Å². The Morgan fingerprint density at radius 3 is 2.50 bits per heavy atom. The van der Waals surface area contributed by atoms with Crippen molar-refractivity contribution in [2.24, 2.45) is 0 Å². The Morgan fingerprint density at radius 2 is 1.83 bits per heavy atom. The van der Waals surface area contributed by atoms with Crippen molar-refractivity contribution in [3.63, 3.8) is 0 Å². The van der Waals surface area contributed by atoms with E-state index in [0.717, 1.165) is 28.2 Å². The number of aliphatic carboxylic acids is 1. The van der Waals surface area contributed by atoms with Gasteiger partial charge >= 0.3 is 6.18 Å². The third-order valence-electron chi connectivity index (χ3n) is 4.30. The van der Waals surface area contributed by atoms with E-state index in [4.69, 9.17) is 0 Å². The number of carboxylic acid groups (broad SMARTS) is 1. The van der Waals surface area contributed by atoms with E-state index < -0.39 is 29.7 Å². The van der Waals surface area contributed by atoms with Crippen LogP contribution in [0.4, 0.5) is 13.2 Å². The van der Waals surface area contributed by atoms with Crippen molar-refractivity contribution in [3.05, 3.63) is 69.1 Å². The Balaban J connectivity index is 0.00000256. The van der Waals surface area contributed by atoms with Gasteiger partial charge in [0.15, 0.2) is 0 Å². The van der Waals surface area contributed by atoms with Gasteiger partial charge in [-0.1, -0.05) is 18.2 Å². The molecule has 2 aromatic carbocycles. The molecule has 151 valence electrons. The minimum atomic E-state index is -4.48. The molecular weight excluding hydrogens is 496 g/mol. The van der Waals surface area contributed by atoms with Gasteiger partial charge in [0.25, 0.3) is 5.56 Å². The van der Waals surface area contributed by atoms with Gasteiger partial charge in [0, 0.05) is 50.5 Å². The number of carbonyl (C=O) groups excluding carboxylic acids is 1. The number of aromatic nitrogens is 3. The van der Waals surface area contributed by atoms with Gasteiger partial charge < -0.3 is 9.90 Å². The molecule has 0 saturated heterocycles. The summed E-state index contributed by atoms with van der Waals surface area (Å²) in [5, 5.41) is 16.3. The van der Waals surface area contributed by atoms with E-state index in [1.54, 1.807) is 24.3 Å². The molecule has 30 heavy (non-hydrogen) atoms. The number of benzene rings is 2. The van der Waals surface area contributed by atoms with Gasteiger partial charge in [0.1, 0.15) is 5.01 Å². The largest absolute Gasteiger partial charge is 0.550 e. The molecule has 0 aliphatic carbocycles. The standard InChI is InChI=1S/C19H12F3N3O3S.Y/c20-19(21,22)10-5-6-15-14(7-10)23-16(29-15)9-25-18(28)12-4-2-1-3-11(12)13(24-25)8-17(26)27;/h1-7H,8-9H2,(H,26,27);/p-1. The molecule has 0 N–H and O–H groups in total. The minimum absolute atomic E-state index is 0. The summed E-state index contributed by atoms with van der Waals surface area (Å²) in [6.07, 6.45) is -4.95. The van der Waals surface area contributed by atoms with Gasteiger partial charge in [0.2, 0.25) is 0 Å². The number of nitrogens with zero attached hydrogens (tertiary/aromatic N) is 3. The summed E-state index contributed by atoms with van der Waals surface area (Å²) >= 11 is 1.14. The molecule has 0 saturated carbocycles. The Kier molecular flexibility index (Phi) is 6.40. The summed E-state index contributed by atoms with van der Waals surface area (Å²) in [5.41, 5.74) is -0.915. The fourth-order valence-electron chi connectivity index (χ4n) is 3.03. The van der Waals surface area contributed by atoms with E-state index in [2.05, 4.69) is 10.1 Å². The van der Waals surface area contributed by atoms with Crippen LogP contribution in [-0.2, 0) is 56.6 Å². The number of fused-ring (bicyclic) bond motifs is 2. The maximum atomic E-state index is 12.9. The molecule has 0 aliphatic heterocycles. The van der Waals surface area contributed by atoms with Crippen molar-refractivity contribution >= 4 is 38.3 Å². The first kappa shape index (κ1) is 22.5. The second-order valence-electron chi connectivity index (χ2n) is 6.29. The van der Waals surface area contributed by atoms with Gasteiger partial charge in [-0.3, -0.25) is 4.79 Å². The van der Waals surface area contributed by atoms with Crippen LogP contribution in [0.15, 0.2) is 47.3 Å². The monoisotopic (exact) mass is 507 g/mol. The number of thiazole rings is 1. The molecule has 0 spiro atoms. The van der Waals surface area contributed by atoms with Crippen molar-refractivity contribution in [3.8, 4) is 0 Å². The van der Waals surface area contributed by atoms with Crippen molar-refractivity contribution < 1.29 is 55.8 Å². The smallest absolute Gasteiger partial charge is 0.416 e. The minimum Gasteiger partial charge on any atom is -0.550 e. The Hall–Kier alpha value is -2.17. The predicted octanol–water partition coefficient (Wildman–Crippen LogP) is 2.36.